The monoisotopic (exact) mass is 306 g/mol. The molecule has 0 radical (unpaired) electrons. The van der Waals surface area contributed by atoms with E-state index in [1.165, 1.54) is 0 Å². The lowest BCUT2D eigenvalue weighted by molar-refractivity contribution is 0.178. The Morgan fingerprint density at radius 1 is 1.25 bits per heavy atom. The number of hydrogen-bond donors (Lipinski definition) is 1. The van der Waals surface area contributed by atoms with Gasteiger partial charge in [-0.25, -0.2) is 8.42 Å². The van der Waals surface area contributed by atoms with Crippen LogP contribution in [0.1, 0.15) is 26.2 Å². The van der Waals surface area contributed by atoms with Crippen LogP contribution in [0.3, 0.4) is 0 Å². The number of hydrogen-bond acceptors (Lipinski definition) is 5. The molecule has 0 atom stereocenters. The first-order chi connectivity index (χ1) is 9.57. The average molecular weight is 306 g/mol. The Morgan fingerprint density at radius 2 is 1.95 bits per heavy atom. The van der Waals surface area contributed by atoms with Crippen LogP contribution in [0.25, 0.3) is 0 Å². The van der Waals surface area contributed by atoms with Gasteiger partial charge in [0.05, 0.1) is 12.4 Å². The molecule has 1 rings (SSSR count). The lowest BCUT2D eigenvalue weighted by atomic mass is 9.97. The summed E-state index contributed by atoms with van der Waals surface area (Å²) in [6.07, 6.45) is 3.04. The first-order valence-electron chi connectivity index (χ1n) is 7.70. The highest BCUT2D eigenvalue weighted by Crippen LogP contribution is 2.16. The van der Waals surface area contributed by atoms with Gasteiger partial charge in [0.15, 0.2) is 9.84 Å². The zero-order chi connectivity index (χ0) is 14.8. The fourth-order valence-corrected chi connectivity index (χ4v) is 3.94. The molecule has 20 heavy (non-hydrogen) atoms. The van der Waals surface area contributed by atoms with Crippen molar-refractivity contribution in [1.29, 1.82) is 0 Å². The highest BCUT2D eigenvalue weighted by Gasteiger charge is 2.20. The first kappa shape index (κ1) is 17.9. The van der Waals surface area contributed by atoms with Crippen molar-refractivity contribution in [2.45, 2.75) is 26.2 Å². The van der Waals surface area contributed by atoms with Crippen molar-refractivity contribution in [2.75, 3.05) is 57.9 Å². The van der Waals surface area contributed by atoms with E-state index in [4.69, 9.17) is 4.74 Å². The summed E-state index contributed by atoms with van der Waals surface area (Å²) in [4.78, 5) is 2.29. The second-order valence-corrected chi connectivity index (χ2v) is 7.94. The van der Waals surface area contributed by atoms with Gasteiger partial charge in [-0.05, 0) is 44.8 Å². The Labute approximate surface area is 124 Å². The van der Waals surface area contributed by atoms with Gasteiger partial charge in [-0.2, -0.15) is 0 Å². The first-order valence-corrected chi connectivity index (χ1v) is 9.52. The van der Waals surface area contributed by atoms with Crippen LogP contribution in [0.15, 0.2) is 0 Å². The van der Waals surface area contributed by atoms with E-state index in [1.54, 1.807) is 7.11 Å². The molecule has 0 aromatic heterocycles. The summed E-state index contributed by atoms with van der Waals surface area (Å²) in [6, 6.07) is 0. The van der Waals surface area contributed by atoms with Crippen LogP contribution in [0.5, 0.6) is 0 Å². The van der Waals surface area contributed by atoms with Gasteiger partial charge in [0, 0.05) is 26.0 Å². The molecule has 0 amide bonds. The topological polar surface area (TPSA) is 58.6 Å². The van der Waals surface area contributed by atoms with Crippen molar-refractivity contribution in [3.8, 4) is 0 Å². The number of likely N-dealkylation sites (tertiary alicyclic amines) is 1. The maximum absolute atomic E-state index is 11.7. The number of nitrogens with one attached hydrogen (secondary N) is 1. The van der Waals surface area contributed by atoms with Crippen LogP contribution >= 0.6 is 0 Å². The summed E-state index contributed by atoms with van der Waals surface area (Å²) in [5, 5.41) is 3.40. The summed E-state index contributed by atoms with van der Waals surface area (Å²) >= 11 is 0. The van der Waals surface area contributed by atoms with Gasteiger partial charge in [-0.15, -0.1) is 0 Å². The highest BCUT2D eigenvalue weighted by atomic mass is 32.2. The van der Waals surface area contributed by atoms with Crippen LogP contribution in [0.4, 0.5) is 0 Å². The van der Waals surface area contributed by atoms with Gasteiger partial charge < -0.3 is 15.0 Å². The van der Waals surface area contributed by atoms with Crippen molar-refractivity contribution in [1.82, 2.24) is 10.2 Å². The van der Waals surface area contributed by atoms with Gasteiger partial charge in [0.2, 0.25) is 0 Å². The molecular formula is C14H30N2O3S. The van der Waals surface area contributed by atoms with Crippen LogP contribution in [0, 0.1) is 5.92 Å². The zero-order valence-corrected chi connectivity index (χ0v) is 13.8. The molecule has 0 aromatic carbocycles. The van der Waals surface area contributed by atoms with E-state index in [2.05, 4.69) is 10.2 Å². The summed E-state index contributed by atoms with van der Waals surface area (Å²) < 4.78 is 28.4. The van der Waals surface area contributed by atoms with E-state index < -0.39 is 9.84 Å². The van der Waals surface area contributed by atoms with E-state index in [-0.39, 0.29) is 0 Å². The normalized spacial score (nSPS) is 18.5. The van der Waals surface area contributed by atoms with Gasteiger partial charge in [-0.1, -0.05) is 6.92 Å². The molecule has 0 bridgehead atoms. The number of nitrogens with zero attached hydrogens (tertiary/aromatic N) is 1. The number of sulfone groups is 1. The van der Waals surface area contributed by atoms with Crippen LogP contribution in [-0.4, -0.2) is 71.3 Å². The van der Waals surface area contributed by atoms with Gasteiger partial charge in [-0.3, -0.25) is 0 Å². The summed E-state index contributed by atoms with van der Waals surface area (Å²) in [5.41, 5.74) is 0. The van der Waals surface area contributed by atoms with Crippen molar-refractivity contribution in [3.63, 3.8) is 0 Å². The van der Waals surface area contributed by atoms with E-state index in [0.29, 0.717) is 18.1 Å². The molecule has 1 fully saturated rings. The SMILES string of the molecule is CCCS(=O)(=O)CCN1CCC(CNCCOC)CC1. The van der Waals surface area contributed by atoms with Crippen molar-refractivity contribution < 1.29 is 13.2 Å². The van der Waals surface area contributed by atoms with E-state index in [9.17, 15) is 8.42 Å². The predicted octanol–water partition coefficient (Wildman–Crippen LogP) is 0.759. The fourth-order valence-electron chi connectivity index (χ4n) is 2.58. The third-order valence-corrected chi connectivity index (χ3v) is 5.69. The van der Waals surface area contributed by atoms with Gasteiger partial charge in [0.25, 0.3) is 0 Å². The Kier molecular flexibility index (Phi) is 8.68. The predicted molar refractivity (Wildman–Crippen MR) is 82.9 cm³/mol. The molecule has 1 heterocycles. The smallest absolute Gasteiger partial charge is 0.151 e. The lowest BCUT2D eigenvalue weighted by Crippen LogP contribution is -2.40. The van der Waals surface area contributed by atoms with E-state index in [1.807, 2.05) is 6.92 Å². The zero-order valence-electron chi connectivity index (χ0n) is 12.9. The highest BCUT2D eigenvalue weighted by molar-refractivity contribution is 7.91. The second kappa shape index (κ2) is 9.71. The molecular weight excluding hydrogens is 276 g/mol. The minimum absolute atomic E-state index is 0.317. The van der Waals surface area contributed by atoms with Crippen molar-refractivity contribution >= 4 is 9.84 Å². The molecule has 1 N–H and O–H groups in total. The molecule has 6 heteroatoms. The fraction of sp³-hybridized carbons (Fsp3) is 1.00. The molecule has 1 saturated heterocycles. The molecule has 0 spiro atoms. The quantitative estimate of drug-likeness (QED) is 0.604. The minimum Gasteiger partial charge on any atom is -0.383 e. The number of piperidine rings is 1. The average Bonchev–Trinajstić information content (AvgIpc) is 2.43. The van der Waals surface area contributed by atoms with Crippen LogP contribution in [0.2, 0.25) is 0 Å². The van der Waals surface area contributed by atoms with Crippen LogP contribution in [-0.2, 0) is 14.6 Å². The molecule has 0 saturated carbocycles. The summed E-state index contributed by atoms with van der Waals surface area (Å²) in [7, 11) is -1.12. The maximum Gasteiger partial charge on any atom is 0.151 e. The van der Waals surface area contributed by atoms with E-state index >= 15 is 0 Å². The third-order valence-electron chi connectivity index (χ3n) is 3.86. The molecule has 120 valence electrons. The number of ether oxygens (including phenoxy) is 1. The standard InChI is InChI=1S/C14H30N2O3S/c1-3-11-20(17,18)12-9-16-7-4-14(5-8-16)13-15-6-10-19-2/h14-15H,3-13H2,1-2H3. The molecule has 0 aromatic rings. The summed E-state index contributed by atoms with van der Waals surface area (Å²) in [6.45, 7) is 7.38. The van der Waals surface area contributed by atoms with Crippen molar-refractivity contribution in [2.24, 2.45) is 5.92 Å². The molecule has 1 aliphatic heterocycles. The number of methoxy groups -OCH3 is 1. The Morgan fingerprint density at radius 3 is 2.55 bits per heavy atom. The third kappa shape index (κ3) is 7.57. The largest absolute Gasteiger partial charge is 0.383 e. The second-order valence-electron chi connectivity index (χ2n) is 5.63. The minimum atomic E-state index is -2.83. The number of rotatable bonds is 10. The molecule has 0 unspecified atom stereocenters. The lowest BCUT2D eigenvalue weighted by Gasteiger charge is -2.32. The molecule has 5 nitrogen and oxygen atoms in total. The van der Waals surface area contributed by atoms with Crippen molar-refractivity contribution in [3.05, 3.63) is 0 Å². The summed E-state index contributed by atoms with van der Waals surface area (Å²) in [5.74, 6) is 1.36. The van der Waals surface area contributed by atoms with E-state index in [0.717, 1.165) is 58.0 Å². The Hall–Kier alpha value is -0.170. The van der Waals surface area contributed by atoms with Gasteiger partial charge in [0.1, 0.15) is 0 Å². The molecule has 0 aliphatic carbocycles. The van der Waals surface area contributed by atoms with Gasteiger partial charge >= 0.3 is 0 Å². The maximum atomic E-state index is 11.7. The molecule has 1 aliphatic rings. The van der Waals surface area contributed by atoms with Crippen LogP contribution < -0.4 is 5.32 Å². The Balaban J connectivity index is 2.13. The Bertz CT molecular complexity index is 338.